The molecular weight excluding hydrogens is 218 g/mol. The number of hydrogen-bond donors (Lipinski definition) is 1. The first-order valence-electron chi connectivity index (χ1n) is 6.71. The molecule has 0 amide bonds. The first kappa shape index (κ1) is 14.5. The Balaban J connectivity index is 0.000000771. The quantitative estimate of drug-likeness (QED) is 0.861. The highest BCUT2D eigenvalue weighted by Crippen LogP contribution is 2.11. The van der Waals surface area contributed by atoms with E-state index in [1.807, 2.05) is 19.9 Å². The maximum absolute atomic E-state index is 5.72. The second kappa shape index (κ2) is 8.48. The van der Waals surface area contributed by atoms with Crippen molar-refractivity contribution in [1.29, 1.82) is 0 Å². The Morgan fingerprint density at radius 3 is 1.89 bits per heavy atom. The Labute approximate surface area is 111 Å². The molecule has 0 aliphatic carbocycles. The predicted molar refractivity (Wildman–Crippen MR) is 79.5 cm³/mol. The summed E-state index contributed by atoms with van der Waals surface area (Å²) in [5, 5.41) is 0. The van der Waals surface area contributed by atoms with Gasteiger partial charge in [-0.1, -0.05) is 68.4 Å². The molecule has 0 aromatic heterocycles. The van der Waals surface area contributed by atoms with Gasteiger partial charge in [0, 0.05) is 6.54 Å². The molecule has 96 valence electrons. The molecule has 0 spiro atoms. The van der Waals surface area contributed by atoms with Crippen LogP contribution in [0.1, 0.15) is 30.5 Å². The predicted octanol–water partition coefficient (Wildman–Crippen LogP) is 3.96. The molecule has 18 heavy (non-hydrogen) atoms. The van der Waals surface area contributed by atoms with E-state index in [2.05, 4.69) is 48.5 Å². The van der Waals surface area contributed by atoms with E-state index in [4.69, 9.17) is 5.73 Å². The highest BCUT2D eigenvalue weighted by molar-refractivity contribution is 5.28. The third-order valence-corrected chi connectivity index (χ3v) is 2.86. The maximum Gasteiger partial charge on any atom is 0.0180 e. The fourth-order valence-electron chi connectivity index (χ4n) is 1.92. The number of benzene rings is 2. The monoisotopic (exact) mass is 241 g/mol. The standard InChI is InChI=1S/C15H17N.C2H6/c16-12-15-9-5-4-8-14(15)11-10-13-6-2-1-3-7-13;1-2/h1-9H,10-12,16H2;1-2H3. The van der Waals surface area contributed by atoms with Crippen LogP contribution in [0.3, 0.4) is 0 Å². The second-order valence-corrected chi connectivity index (χ2v) is 3.96. The van der Waals surface area contributed by atoms with Crippen LogP contribution in [0.2, 0.25) is 0 Å². The molecule has 1 heteroatoms. The summed E-state index contributed by atoms with van der Waals surface area (Å²) in [6.07, 6.45) is 2.15. The van der Waals surface area contributed by atoms with Crippen molar-refractivity contribution in [3.05, 3.63) is 71.3 Å². The molecule has 2 N–H and O–H groups in total. The summed E-state index contributed by atoms with van der Waals surface area (Å²) in [5.41, 5.74) is 9.73. The minimum atomic E-state index is 0.630. The maximum atomic E-state index is 5.72. The number of hydrogen-bond acceptors (Lipinski definition) is 1. The summed E-state index contributed by atoms with van der Waals surface area (Å²) < 4.78 is 0. The van der Waals surface area contributed by atoms with E-state index in [9.17, 15) is 0 Å². The zero-order chi connectivity index (χ0) is 13.2. The lowest BCUT2D eigenvalue weighted by molar-refractivity contribution is 0.922. The van der Waals surface area contributed by atoms with Crippen molar-refractivity contribution in [2.75, 3.05) is 0 Å². The minimum Gasteiger partial charge on any atom is -0.326 e. The van der Waals surface area contributed by atoms with Crippen molar-refractivity contribution in [2.45, 2.75) is 33.2 Å². The fourth-order valence-corrected chi connectivity index (χ4v) is 1.92. The lowest BCUT2D eigenvalue weighted by Gasteiger charge is -2.07. The van der Waals surface area contributed by atoms with Crippen LogP contribution in [-0.2, 0) is 19.4 Å². The van der Waals surface area contributed by atoms with Crippen LogP contribution in [0.4, 0.5) is 0 Å². The van der Waals surface area contributed by atoms with E-state index < -0.39 is 0 Å². The Hall–Kier alpha value is -1.60. The molecule has 0 radical (unpaired) electrons. The van der Waals surface area contributed by atoms with Gasteiger partial charge in [-0.25, -0.2) is 0 Å². The molecule has 0 saturated heterocycles. The van der Waals surface area contributed by atoms with Gasteiger partial charge in [0.05, 0.1) is 0 Å². The van der Waals surface area contributed by atoms with E-state index in [1.54, 1.807) is 0 Å². The molecule has 0 unspecified atom stereocenters. The van der Waals surface area contributed by atoms with Crippen LogP contribution in [0.25, 0.3) is 0 Å². The molecule has 0 atom stereocenters. The zero-order valence-electron chi connectivity index (χ0n) is 11.4. The summed E-state index contributed by atoms with van der Waals surface area (Å²) in [4.78, 5) is 0. The van der Waals surface area contributed by atoms with Gasteiger partial charge in [-0.15, -0.1) is 0 Å². The minimum absolute atomic E-state index is 0.630. The van der Waals surface area contributed by atoms with E-state index in [0.29, 0.717) is 6.54 Å². The van der Waals surface area contributed by atoms with Crippen LogP contribution >= 0.6 is 0 Å². The lowest BCUT2D eigenvalue weighted by Crippen LogP contribution is -2.02. The molecular formula is C17H23N. The molecule has 1 nitrogen and oxygen atoms in total. The third kappa shape index (κ3) is 4.34. The van der Waals surface area contributed by atoms with Gasteiger partial charge >= 0.3 is 0 Å². The molecule has 2 aromatic rings. The van der Waals surface area contributed by atoms with E-state index in [1.165, 1.54) is 16.7 Å². The largest absolute Gasteiger partial charge is 0.326 e. The Bertz CT molecular complexity index is 434. The van der Waals surface area contributed by atoms with Crippen molar-refractivity contribution in [2.24, 2.45) is 5.73 Å². The summed E-state index contributed by atoms with van der Waals surface area (Å²) in [6.45, 7) is 4.63. The van der Waals surface area contributed by atoms with Gasteiger partial charge in [0.15, 0.2) is 0 Å². The van der Waals surface area contributed by atoms with Crippen molar-refractivity contribution in [3.63, 3.8) is 0 Å². The second-order valence-electron chi connectivity index (χ2n) is 3.96. The van der Waals surface area contributed by atoms with Crippen LogP contribution in [0.5, 0.6) is 0 Å². The highest BCUT2D eigenvalue weighted by Gasteiger charge is 2.00. The van der Waals surface area contributed by atoms with Crippen LogP contribution in [-0.4, -0.2) is 0 Å². The summed E-state index contributed by atoms with van der Waals surface area (Å²) in [6, 6.07) is 19.0. The van der Waals surface area contributed by atoms with Crippen molar-refractivity contribution >= 4 is 0 Å². The van der Waals surface area contributed by atoms with Gasteiger partial charge in [-0.05, 0) is 29.5 Å². The van der Waals surface area contributed by atoms with E-state index in [0.717, 1.165) is 12.8 Å². The van der Waals surface area contributed by atoms with Gasteiger partial charge in [-0.2, -0.15) is 0 Å². The number of rotatable bonds is 4. The SMILES string of the molecule is CC.NCc1ccccc1CCc1ccccc1. The fraction of sp³-hybridized carbons (Fsp3) is 0.294. The third-order valence-electron chi connectivity index (χ3n) is 2.86. The summed E-state index contributed by atoms with van der Waals surface area (Å²) in [5.74, 6) is 0. The highest BCUT2D eigenvalue weighted by atomic mass is 14.5. The van der Waals surface area contributed by atoms with Crippen molar-refractivity contribution in [1.82, 2.24) is 0 Å². The molecule has 2 aromatic carbocycles. The molecule has 0 fully saturated rings. The van der Waals surface area contributed by atoms with Crippen LogP contribution in [0.15, 0.2) is 54.6 Å². The molecule has 0 heterocycles. The molecule has 0 aliphatic rings. The smallest absolute Gasteiger partial charge is 0.0180 e. The Morgan fingerprint density at radius 1 is 0.722 bits per heavy atom. The van der Waals surface area contributed by atoms with Crippen molar-refractivity contribution in [3.8, 4) is 0 Å². The number of nitrogens with two attached hydrogens (primary N) is 1. The average Bonchev–Trinajstić information content (AvgIpc) is 2.48. The zero-order valence-corrected chi connectivity index (χ0v) is 11.4. The van der Waals surface area contributed by atoms with E-state index in [-0.39, 0.29) is 0 Å². The van der Waals surface area contributed by atoms with Gasteiger partial charge in [-0.3, -0.25) is 0 Å². The molecule has 0 bridgehead atoms. The first-order chi connectivity index (χ1) is 8.90. The molecule has 0 saturated carbocycles. The Morgan fingerprint density at radius 2 is 1.28 bits per heavy atom. The van der Waals surface area contributed by atoms with Gasteiger partial charge in [0.25, 0.3) is 0 Å². The average molecular weight is 241 g/mol. The van der Waals surface area contributed by atoms with E-state index >= 15 is 0 Å². The normalized spacial score (nSPS) is 9.50. The summed E-state index contributed by atoms with van der Waals surface area (Å²) in [7, 11) is 0. The Kier molecular flexibility index (Phi) is 6.82. The number of aryl methyl sites for hydroxylation is 2. The lowest BCUT2D eigenvalue weighted by atomic mass is 10.00. The van der Waals surface area contributed by atoms with Crippen LogP contribution < -0.4 is 5.73 Å². The molecule has 2 rings (SSSR count). The van der Waals surface area contributed by atoms with Crippen molar-refractivity contribution < 1.29 is 0 Å². The molecule has 0 aliphatic heterocycles. The first-order valence-corrected chi connectivity index (χ1v) is 6.71. The van der Waals surface area contributed by atoms with Gasteiger partial charge in [0.2, 0.25) is 0 Å². The summed E-state index contributed by atoms with van der Waals surface area (Å²) >= 11 is 0. The topological polar surface area (TPSA) is 26.0 Å². The van der Waals surface area contributed by atoms with Crippen LogP contribution in [0, 0.1) is 0 Å². The van der Waals surface area contributed by atoms with Gasteiger partial charge in [0.1, 0.15) is 0 Å². The van der Waals surface area contributed by atoms with Gasteiger partial charge < -0.3 is 5.73 Å².